The van der Waals surface area contributed by atoms with Gasteiger partial charge in [-0.1, -0.05) is 18.2 Å². The lowest BCUT2D eigenvalue weighted by molar-refractivity contribution is 0.102. The van der Waals surface area contributed by atoms with Gasteiger partial charge in [0, 0.05) is 25.0 Å². The number of anilines is 2. The Kier molecular flexibility index (Phi) is 2.95. The molecule has 1 aliphatic rings. The van der Waals surface area contributed by atoms with E-state index in [0.717, 1.165) is 36.7 Å². The molecular formula is C14H16N4O. The molecule has 0 spiro atoms. The first kappa shape index (κ1) is 11.8. The van der Waals surface area contributed by atoms with Crippen molar-refractivity contribution in [2.45, 2.75) is 19.9 Å². The van der Waals surface area contributed by atoms with Gasteiger partial charge in [-0.3, -0.25) is 4.79 Å². The molecule has 0 aliphatic carbocycles. The van der Waals surface area contributed by atoms with Crippen LogP contribution in [0.1, 0.15) is 22.5 Å². The summed E-state index contributed by atoms with van der Waals surface area (Å²) in [5.41, 5.74) is 2.32. The molecule has 0 saturated carbocycles. The number of aryl methyl sites for hydroxylation is 2. The number of hydrogen-bond donors (Lipinski definition) is 2. The minimum Gasteiger partial charge on any atom is -0.356 e. The first-order valence-electron chi connectivity index (χ1n) is 6.42. The van der Waals surface area contributed by atoms with Gasteiger partial charge in [0.1, 0.15) is 5.69 Å². The Balaban J connectivity index is 1.81. The van der Waals surface area contributed by atoms with Crippen LogP contribution in [0.5, 0.6) is 0 Å². The topological polar surface area (TPSA) is 59.0 Å². The number of para-hydroxylation sites is 1. The number of rotatable bonds is 2. The molecule has 1 amide bonds. The monoisotopic (exact) mass is 256 g/mol. The minimum atomic E-state index is -0.169. The van der Waals surface area contributed by atoms with Crippen molar-refractivity contribution in [3.05, 3.63) is 41.7 Å². The molecule has 1 aromatic heterocycles. The summed E-state index contributed by atoms with van der Waals surface area (Å²) in [5, 5.41) is 6.08. The third-order valence-corrected chi connectivity index (χ3v) is 3.26. The van der Waals surface area contributed by atoms with E-state index in [1.54, 1.807) is 6.20 Å². The highest BCUT2D eigenvalue weighted by atomic mass is 16.1. The Morgan fingerprint density at radius 1 is 1.42 bits per heavy atom. The van der Waals surface area contributed by atoms with Crippen molar-refractivity contribution in [1.29, 1.82) is 0 Å². The molecule has 2 N–H and O–H groups in total. The summed E-state index contributed by atoms with van der Waals surface area (Å²) in [5.74, 6) is 0.610. The van der Waals surface area contributed by atoms with E-state index >= 15 is 0 Å². The van der Waals surface area contributed by atoms with Crippen molar-refractivity contribution in [2.24, 2.45) is 0 Å². The van der Waals surface area contributed by atoms with Crippen molar-refractivity contribution < 1.29 is 4.79 Å². The zero-order valence-electron chi connectivity index (χ0n) is 10.8. The van der Waals surface area contributed by atoms with Crippen LogP contribution in [-0.2, 0) is 6.54 Å². The second-order valence-electron chi connectivity index (χ2n) is 4.69. The van der Waals surface area contributed by atoms with Gasteiger partial charge in [0.05, 0.1) is 0 Å². The quantitative estimate of drug-likeness (QED) is 0.866. The number of fused-ring (bicyclic) bond motifs is 1. The zero-order chi connectivity index (χ0) is 13.2. The molecule has 5 nitrogen and oxygen atoms in total. The number of aromatic nitrogens is 2. The fourth-order valence-corrected chi connectivity index (χ4v) is 2.19. The highest BCUT2D eigenvalue weighted by Crippen LogP contribution is 2.17. The first-order chi connectivity index (χ1) is 9.24. The van der Waals surface area contributed by atoms with Gasteiger partial charge in [-0.05, 0) is 25.0 Å². The van der Waals surface area contributed by atoms with Crippen LogP contribution in [0.25, 0.3) is 0 Å². The lowest BCUT2D eigenvalue weighted by atomic mass is 10.2. The predicted octanol–water partition coefficient (Wildman–Crippen LogP) is 2.26. The van der Waals surface area contributed by atoms with Crippen LogP contribution in [0.15, 0.2) is 30.5 Å². The maximum absolute atomic E-state index is 12.2. The van der Waals surface area contributed by atoms with Gasteiger partial charge in [0.2, 0.25) is 5.95 Å². The molecule has 98 valence electrons. The fraction of sp³-hybridized carbons (Fsp3) is 0.286. The Morgan fingerprint density at radius 3 is 3.05 bits per heavy atom. The molecule has 2 aromatic rings. The number of nitrogens with zero attached hydrogens (tertiary/aromatic N) is 2. The van der Waals surface area contributed by atoms with E-state index < -0.39 is 0 Å². The Bertz CT molecular complexity index is 594. The van der Waals surface area contributed by atoms with Crippen molar-refractivity contribution in [1.82, 2.24) is 9.55 Å². The standard InChI is InChI=1S/C14H16N4O/c1-10-5-2-3-6-11(10)16-13(19)12-9-18-8-4-7-15-14(18)17-12/h2-3,5-6,9H,4,7-8H2,1H3,(H,15,17)(H,16,19). The molecule has 0 saturated heterocycles. The predicted molar refractivity (Wildman–Crippen MR) is 74.5 cm³/mol. The van der Waals surface area contributed by atoms with E-state index in [2.05, 4.69) is 15.6 Å². The number of carbonyl (C=O) groups is 1. The number of carbonyl (C=O) groups excluding carboxylic acids is 1. The second-order valence-corrected chi connectivity index (χ2v) is 4.69. The third-order valence-electron chi connectivity index (χ3n) is 3.26. The number of hydrogen-bond acceptors (Lipinski definition) is 3. The molecule has 2 heterocycles. The van der Waals surface area contributed by atoms with Crippen molar-refractivity contribution >= 4 is 17.5 Å². The average molecular weight is 256 g/mol. The highest BCUT2D eigenvalue weighted by Gasteiger charge is 2.16. The molecule has 19 heavy (non-hydrogen) atoms. The molecule has 1 aliphatic heterocycles. The Morgan fingerprint density at radius 2 is 2.26 bits per heavy atom. The molecular weight excluding hydrogens is 240 g/mol. The first-order valence-corrected chi connectivity index (χ1v) is 6.42. The summed E-state index contributed by atoms with van der Waals surface area (Å²) < 4.78 is 1.98. The lowest BCUT2D eigenvalue weighted by Gasteiger charge is -2.14. The van der Waals surface area contributed by atoms with Crippen LogP contribution in [0.3, 0.4) is 0 Å². The van der Waals surface area contributed by atoms with Crippen LogP contribution in [-0.4, -0.2) is 22.0 Å². The average Bonchev–Trinajstić information content (AvgIpc) is 2.85. The Labute approximate surface area is 111 Å². The maximum Gasteiger partial charge on any atom is 0.275 e. The van der Waals surface area contributed by atoms with Crippen LogP contribution in [0.4, 0.5) is 11.6 Å². The van der Waals surface area contributed by atoms with Crippen molar-refractivity contribution in [3.63, 3.8) is 0 Å². The summed E-state index contributed by atoms with van der Waals surface area (Å²) in [4.78, 5) is 16.5. The van der Waals surface area contributed by atoms with Gasteiger partial charge in [-0.25, -0.2) is 4.98 Å². The SMILES string of the molecule is Cc1ccccc1NC(=O)c1cn2c(n1)NCCC2. The molecule has 0 fully saturated rings. The molecule has 3 rings (SSSR count). The van der Waals surface area contributed by atoms with E-state index in [0.29, 0.717) is 5.69 Å². The van der Waals surface area contributed by atoms with Crippen LogP contribution in [0.2, 0.25) is 0 Å². The normalized spacial score (nSPS) is 13.5. The van der Waals surface area contributed by atoms with E-state index in [-0.39, 0.29) is 5.91 Å². The summed E-state index contributed by atoms with van der Waals surface area (Å²) in [6, 6.07) is 7.71. The van der Waals surface area contributed by atoms with Crippen LogP contribution >= 0.6 is 0 Å². The summed E-state index contributed by atoms with van der Waals surface area (Å²) in [6.07, 6.45) is 2.86. The second kappa shape index (κ2) is 4.76. The molecule has 0 radical (unpaired) electrons. The lowest BCUT2D eigenvalue weighted by Crippen LogP contribution is -2.16. The van der Waals surface area contributed by atoms with E-state index in [4.69, 9.17) is 0 Å². The Hall–Kier alpha value is -2.30. The van der Waals surface area contributed by atoms with Crippen LogP contribution < -0.4 is 10.6 Å². The summed E-state index contributed by atoms with van der Waals surface area (Å²) in [6.45, 7) is 3.79. The molecule has 5 heteroatoms. The number of amides is 1. The molecule has 0 atom stereocenters. The van der Waals surface area contributed by atoms with Crippen LogP contribution in [0, 0.1) is 6.92 Å². The van der Waals surface area contributed by atoms with Gasteiger partial charge in [-0.15, -0.1) is 0 Å². The number of imidazole rings is 1. The minimum absolute atomic E-state index is 0.169. The molecule has 1 aromatic carbocycles. The third kappa shape index (κ3) is 2.31. The number of nitrogens with one attached hydrogen (secondary N) is 2. The molecule has 0 unspecified atom stereocenters. The van der Waals surface area contributed by atoms with Crippen molar-refractivity contribution in [2.75, 3.05) is 17.2 Å². The van der Waals surface area contributed by atoms with Gasteiger partial charge >= 0.3 is 0 Å². The molecule has 0 bridgehead atoms. The smallest absolute Gasteiger partial charge is 0.275 e. The van der Waals surface area contributed by atoms with Gasteiger partial charge in [-0.2, -0.15) is 0 Å². The van der Waals surface area contributed by atoms with Gasteiger partial charge in [0.15, 0.2) is 0 Å². The number of benzene rings is 1. The highest BCUT2D eigenvalue weighted by molar-refractivity contribution is 6.03. The zero-order valence-corrected chi connectivity index (χ0v) is 10.8. The van der Waals surface area contributed by atoms with Crippen molar-refractivity contribution in [3.8, 4) is 0 Å². The van der Waals surface area contributed by atoms with E-state index in [1.165, 1.54) is 0 Å². The summed E-state index contributed by atoms with van der Waals surface area (Å²) >= 11 is 0. The van der Waals surface area contributed by atoms with E-state index in [9.17, 15) is 4.79 Å². The van der Waals surface area contributed by atoms with E-state index in [1.807, 2.05) is 35.8 Å². The van der Waals surface area contributed by atoms with Gasteiger partial charge in [0.25, 0.3) is 5.91 Å². The maximum atomic E-state index is 12.2. The largest absolute Gasteiger partial charge is 0.356 e. The summed E-state index contributed by atoms with van der Waals surface area (Å²) in [7, 11) is 0. The fourth-order valence-electron chi connectivity index (χ4n) is 2.19. The van der Waals surface area contributed by atoms with Gasteiger partial charge < -0.3 is 15.2 Å².